The van der Waals surface area contributed by atoms with Crippen molar-refractivity contribution < 1.29 is 13.9 Å². The molecule has 2 heterocycles. The number of ether oxygens (including phenoxy) is 2. The molecule has 26 heavy (non-hydrogen) atoms. The molecule has 0 spiro atoms. The summed E-state index contributed by atoms with van der Waals surface area (Å²) in [5.74, 6) is 0.196. The highest BCUT2D eigenvalue weighted by Gasteiger charge is 2.42. The van der Waals surface area contributed by atoms with E-state index in [2.05, 4.69) is 45.4 Å². The third kappa shape index (κ3) is 4.82. The molecule has 1 fully saturated rings. The quantitative estimate of drug-likeness (QED) is 0.577. The molecule has 0 unspecified atom stereocenters. The summed E-state index contributed by atoms with van der Waals surface area (Å²) in [6.45, 7) is 15.6. The van der Waals surface area contributed by atoms with Crippen LogP contribution >= 0.6 is 0 Å². The maximum Gasteiger partial charge on any atom is 0.351 e. The Kier molecular flexibility index (Phi) is 6.44. The lowest BCUT2D eigenvalue weighted by Crippen LogP contribution is -2.44. The Balaban J connectivity index is 2.13. The van der Waals surface area contributed by atoms with Crippen molar-refractivity contribution in [3.8, 4) is 0 Å². The lowest BCUT2D eigenvalue weighted by molar-refractivity contribution is -0.0556. The van der Waals surface area contributed by atoms with Crippen LogP contribution in [-0.4, -0.2) is 43.3 Å². The minimum absolute atomic E-state index is 0.111. The van der Waals surface area contributed by atoms with Crippen LogP contribution in [0.2, 0.25) is 18.1 Å². The smallest absolute Gasteiger partial charge is 0.351 e. The Bertz CT molecular complexity index is 684. The first-order valence-corrected chi connectivity index (χ1v) is 11.8. The Morgan fingerprint density at radius 3 is 2.77 bits per heavy atom. The van der Waals surface area contributed by atoms with E-state index in [9.17, 15) is 4.79 Å². The molecule has 0 saturated carbocycles. The van der Waals surface area contributed by atoms with Crippen molar-refractivity contribution in [1.29, 1.82) is 0 Å². The van der Waals surface area contributed by atoms with Gasteiger partial charge in [-0.1, -0.05) is 26.8 Å². The summed E-state index contributed by atoms with van der Waals surface area (Å²) in [4.78, 5) is 15.9. The molecule has 0 aliphatic carbocycles. The molecule has 0 bridgehead atoms. The van der Waals surface area contributed by atoms with Crippen LogP contribution in [0.3, 0.4) is 0 Å². The van der Waals surface area contributed by atoms with E-state index in [4.69, 9.17) is 19.6 Å². The molecule has 1 aromatic rings. The second-order valence-electron chi connectivity index (χ2n) is 8.14. The molecule has 0 amide bonds. The summed E-state index contributed by atoms with van der Waals surface area (Å²) >= 11 is 0. The highest BCUT2D eigenvalue weighted by atomic mass is 28.4. The van der Waals surface area contributed by atoms with Crippen molar-refractivity contribution in [3.05, 3.63) is 35.4 Å². The number of aromatic nitrogens is 2. The van der Waals surface area contributed by atoms with Gasteiger partial charge in [0.1, 0.15) is 18.1 Å². The van der Waals surface area contributed by atoms with Crippen LogP contribution in [0.15, 0.2) is 29.7 Å². The zero-order chi connectivity index (χ0) is 19.5. The molecule has 1 aliphatic rings. The molecule has 0 radical (unpaired) electrons. The maximum atomic E-state index is 12.1. The summed E-state index contributed by atoms with van der Waals surface area (Å²) in [7, 11) is -1.91. The second-order valence-corrected chi connectivity index (χ2v) is 12.9. The van der Waals surface area contributed by atoms with E-state index in [0.29, 0.717) is 19.6 Å². The van der Waals surface area contributed by atoms with Crippen molar-refractivity contribution in [3.63, 3.8) is 0 Å². The fourth-order valence-corrected chi connectivity index (χ4v) is 3.55. The highest BCUT2D eigenvalue weighted by molar-refractivity contribution is 6.74. The fourth-order valence-electron chi connectivity index (χ4n) is 2.54. The molecule has 2 rings (SSSR count). The van der Waals surface area contributed by atoms with Gasteiger partial charge in [-0.15, -0.1) is 6.58 Å². The van der Waals surface area contributed by atoms with Gasteiger partial charge in [-0.2, -0.15) is 4.98 Å². The first-order chi connectivity index (χ1) is 12.0. The number of nitrogens with zero attached hydrogens (tertiary/aromatic N) is 2. The number of nitrogen functional groups attached to an aromatic ring is 1. The van der Waals surface area contributed by atoms with E-state index in [0.717, 1.165) is 0 Å². The zero-order valence-electron chi connectivity index (χ0n) is 16.4. The van der Waals surface area contributed by atoms with Gasteiger partial charge in [-0.3, -0.25) is 4.57 Å². The number of anilines is 1. The van der Waals surface area contributed by atoms with Crippen LogP contribution in [-0.2, 0) is 13.9 Å². The van der Waals surface area contributed by atoms with Crippen LogP contribution in [0.1, 0.15) is 33.4 Å². The first kappa shape index (κ1) is 20.8. The predicted octanol–water partition coefficient (Wildman–Crippen LogP) is 2.71. The van der Waals surface area contributed by atoms with Crippen molar-refractivity contribution in [2.24, 2.45) is 0 Å². The molecule has 1 saturated heterocycles. The van der Waals surface area contributed by atoms with E-state index >= 15 is 0 Å². The lowest BCUT2D eigenvalue weighted by Gasteiger charge is -2.37. The van der Waals surface area contributed by atoms with E-state index in [1.807, 2.05) is 0 Å². The molecule has 8 heteroatoms. The van der Waals surface area contributed by atoms with Gasteiger partial charge in [0.15, 0.2) is 8.32 Å². The number of rotatable bonds is 7. The topological polar surface area (TPSA) is 88.6 Å². The van der Waals surface area contributed by atoms with E-state index in [-0.39, 0.29) is 23.1 Å². The van der Waals surface area contributed by atoms with Gasteiger partial charge in [0.2, 0.25) is 0 Å². The van der Waals surface area contributed by atoms with Gasteiger partial charge < -0.3 is 19.6 Å². The van der Waals surface area contributed by atoms with Gasteiger partial charge in [0, 0.05) is 12.6 Å². The minimum atomic E-state index is -1.91. The van der Waals surface area contributed by atoms with Gasteiger partial charge >= 0.3 is 5.69 Å². The third-order valence-corrected chi connectivity index (χ3v) is 9.69. The number of hydrogen-bond acceptors (Lipinski definition) is 6. The van der Waals surface area contributed by atoms with Crippen LogP contribution in [0, 0.1) is 0 Å². The average molecular weight is 382 g/mol. The van der Waals surface area contributed by atoms with Crippen LogP contribution < -0.4 is 11.4 Å². The molecular weight excluding hydrogens is 350 g/mol. The normalized spacial score (nSPS) is 24.0. The highest BCUT2D eigenvalue weighted by Crippen LogP contribution is 2.38. The molecule has 1 aromatic heterocycles. The van der Waals surface area contributed by atoms with Gasteiger partial charge in [0.05, 0.1) is 19.3 Å². The van der Waals surface area contributed by atoms with E-state index < -0.39 is 20.2 Å². The van der Waals surface area contributed by atoms with Gasteiger partial charge in [-0.25, -0.2) is 4.79 Å². The third-order valence-electron chi connectivity index (χ3n) is 5.19. The summed E-state index contributed by atoms with van der Waals surface area (Å²) in [6, 6.07) is 1.59. The summed E-state index contributed by atoms with van der Waals surface area (Å²) < 4.78 is 19.7. The van der Waals surface area contributed by atoms with Crippen molar-refractivity contribution in [2.45, 2.75) is 63.8 Å². The van der Waals surface area contributed by atoms with Crippen molar-refractivity contribution in [2.75, 3.05) is 18.9 Å². The molecule has 7 nitrogen and oxygen atoms in total. The second kappa shape index (κ2) is 8.04. The van der Waals surface area contributed by atoms with Gasteiger partial charge in [0.25, 0.3) is 0 Å². The van der Waals surface area contributed by atoms with Crippen LogP contribution in [0.4, 0.5) is 5.82 Å². The Morgan fingerprint density at radius 1 is 1.50 bits per heavy atom. The Morgan fingerprint density at radius 2 is 2.19 bits per heavy atom. The molecule has 0 aromatic carbocycles. The van der Waals surface area contributed by atoms with Crippen LogP contribution in [0.5, 0.6) is 0 Å². The first-order valence-electron chi connectivity index (χ1n) is 8.92. The summed E-state index contributed by atoms with van der Waals surface area (Å²) in [5.41, 5.74) is 5.14. The monoisotopic (exact) mass is 381 g/mol. The summed E-state index contributed by atoms with van der Waals surface area (Å²) in [6.07, 6.45) is 2.99. The Labute approximate surface area is 156 Å². The molecule has 1 aliphatic heterocycles. The van der Waals surface area contributed by atoms with Crippen LogP contribution in [0.25, 0.3) is 0 Å². The van der Waals surface area contributed by atoms with Gasteiger partial charge in [-0.05, 0) is 24.2 Å². The lowest BCUT2D eigenvalue weighted by atomic mass is 10.2. The minimum Gasteiger partial charge on any atom is -0.414 e. The molecule has 3 atom stereocenters. The average Bonchev–Trinajstić information content (AvgIpc) is 2.92. The Hall–Kier alpha value is -1.48. The number of hydrogen-bond donors (Lipinski definition) is 1. The number of nitrogens with two attached hydrogens (primary N) is 1. The van der Waals surface area contributed by atoms with E-state index in [1.165, 1.54) is 4.57 Å². The standard InChI is InChI=1S/C18H31N3O4Si/c1-7-10-23-13-11-16(21-9-8-15(19)20-17(21)22)25-14(13)12-24-26(5,6)18(2,3)4/h7-9,13-14,16H,1,10-12H2,2-6H3,(H2,19,20,22)/t13-,14-,16-/m1/s1. The molecule has 146 valence electrons. The van der Waals surface area contributed by atoms with E-state index in [1.54, 1.807) is 18.3 Å². The zero-order valence-corrected chi connectivity index (χ0v) is 17.4. The maximum absolute atomic E-state index is 12.1. The van der Waals surface area contributed by atoms with Crippen molar-refractivity contribution >= 4 is 14.1 Å². The predicted molar refractivity (Wildman–Crippen MR) is 105 cm³/mol. The van der Waals surface area contributed by atoms with Crippen molar-refractivity contribution in [1.82, 2.24) is 9.55 Å². The fraction of sp³-hybridized carbons (Fsp3) is 0.667. The SMILES string of the molecule is C=CCO[C@@H]1C[C@H](n2ccc(N)nc2=O)O[C@@H]1CO[Si](C)(C)C(C)(C)C. The largest absolute Gasteiger partial charge is 0.414 e. The molecular formula is C18H31N3O4Si. The summed E-state index contributed by atoms with van der Waals surface area (Å²) in [5, 5.41) is 0.111. The molecule has 2 N–H and O–H groups in total.